The van der Waals surface area contributed by atoms with Gasteiger partial charge in [0.25, 0.3) is 0 Å². The molecule has 0 spiro atoms. The number of urea groups is 1. The van der Waals surface area contributed by atoms with Crippen molar-refractivity contribution in [3.63, 3.8) is 0 Å². The minimum atomic E-state index is 0.0134. The number of carbonyl (C=O) groups excluding carboxylic acids is 1. The van der Waals surface area contributed by atoms with Gasteiger partial charge >= 0.3 is 6.03 Å². The van der Waals surface area contributed by atoms with E-state index >= 15 is 0 Å². The first-order chi connectivity index (χ1) is 14.2. The first-order valence-corrected chi connectivity index (χ1v) is 10.4. The first kappa shape index (κ1) is 19.3. The zero-order chi connectivity index (χ0) is 20.1. The molecule has 0 atom stereocenters. The number of benzene rings is 3. The van der Waals surface area contributed by atoms with E-state index in [2.05, 4.69) is 53.8 Å². The van der Waals surface area contributed by atoms with E-state index < -0.39 is 0 Å². The summed E-state index contributed by atoms with van der Waals surface area (Å²) in [5.41, 5.74) is 5.96. The molecular formula is C26H28N2O. The largest absolute Gasteiger partial charge is 0.325 e. The van der Waals surface area contributed by atoms with Crippen molar-refractivity contribution in [1.29, 1.82) is 0 Å². The van der Waals surface area contributed by atoms with Crippen LogP contribution in [0.1, 0.15) is 24.0 Å². The number of hydrogen-bond acceptors (Lipinski definition) is 1. The van der Waals surface area contributed by atoms with Crippen LogP contribution in [0.2, 0.25) is 0 Å². The molecule has 1 aliphatic heterocycles. The lowest BCUT2D eigenvalue weighted by Crippen LogP contribution is -2.41. The highest BCUT2D eigenvalue weighted by Gasteiger charge is 2.23. The number of piperidine rings is 1. The Morgan fingerprint density at radius 2 is 1.48 bits per heavy atom. The summed E-state index contributed by atoms with van der Waals surface area (Å²) in [6.45, 7) is 3.69. The van der Waals surface area contributed by atoms with Gasteiger partial charge in [0.15, 0.2) is 0 Å². The van der Waals surface area contributed by atoms with Gasteiger partial charge in [0.05, 0.1) is 0 Å². The van der Waals surface area contributed by atoms with Gasteiger partial charge in [-0.3, -0.25) is 0 Å². The van der Waals surface area contributed by atoms with E-state index in [0.717, 1.165) is 38.0 Å². The number of rotatable bonds is 4. The second-order valence-electron chi connectivity index (χ2n) is 7.99. The number of amides is 2. The molecule has 4 rings (SSSR count). The molecule has 3 nitrogen and oxygen atoms in total. The van der Waals surface area contributed by atoms with Gasteiger partial charge in [-0.15, -0.1) is 0 Å². The average Bonchev–Trinajstić information content (AvgIpc) is 2.77. The van der Waals surface area contributed by atoms with E-state index in [0.29, 0.717) is 5.92 Å². The van der Waals surface area contributed by atoms with Crippen molar-refractivity contribution in [3.8, 4) is 11.1 Å². The van der Waals surface area contributed by atoms with Crippen LogP contribution in [0.25, 0.3) is 11.1 Å². The Bertz CT molecular complexity index is 925. The molecular weight excluding hydrogens is 356 g/mol. The van der Waals surface area contributed by atoms with Crippen molar-refractivity contribution < 1.29 is 4.79 Å². The number of anilines is 1. The normalized spacial score (nSPS) is 14.6. The molecule has 2 amide bonds. The fourth-order valence-electron chi connectivity index (χ4n) is 3.98. The number of nitrogens with one attached hydrogen (secondary N) is 1. The van der Waals surface area contributed by atoms with E-state index in [9.17, 15) is 4.79 Å². The summed E-state index contributed by atoms with van der Waals surface area (Å²) < 4.78 is 0. The highest BCUT2D eigenvalue weighted by atomic mass is 16.2. The molecule has 3 heteroatoms. The summed E-state index contributed by atoms with van der Waals surface area (Å²) in [6, 6.07) is 27.4. The van der Waals surface area contributed by atoms with Crippen LogP contribution in [-0.2, 0) is 6.42 Å². The van der Waals surface area contributed by atoms with Gasteiger partial charge in [-0.1, -0.05) is 72.3 Å². The Hall–Kier alpha value is -3.07. The number of nitrogens with zero attached hydrogens (tertiary/aromatic N) is 1. The molecule has 1 heterocycles. The fraction of sp³-hybridized carbons (Fsp3) is 0.269. The summed E-state index contributed by atoms with van der Waals surface area (Å²) in [5.74, 6) is 0.640. The Morgan fingerprint density at radius 1 is 0.862 bits per heavy atom. The van der Waals surface area contributed by atoms with Gasteiger partial charge in [0.2, 0.25) is 0 Å². The van der Waals surface area contributed by atoms with E-state index in [1.165, 1.54) is 22.3 Å². The molecule has 0 saturated carbocycles. The summed E-state index contributed by atoms with van der Waals surface area (Å²) >= 11 is 0. The SMILES string of the molecule is Cc1ccc(NC(=O)N2CCC(Cc3ccc(-c4ccccc4)cc3)CC2)cc1. The van der Waals surface area contributed by atoms with Crippen molar-refractivity contribution in [2.45, 2.75) is 26.2 Å². The van der Waals surface area contributed by atoms with Crippen molar-refractivity contribution in [2.75, 3.05) is 18.4 Å². The van der Waals surface area contributed by atoms with Crippen LogP contribution in [0, 0.1) is 12.8 Å². The Labute approximate surface area is 173 Å². The molecule has 148 valence electrons. The van der Waals surface area contributed by atoms with Crippen LogP contribution < -0.4 is 5.32 Å². The van der Waals surface area contributed by atoms with Crippen LogP contribution in [0.4, 0.5) is 10.5 Å². The van der Waals surface area contributed by atoms with Gasteiger partial charge in [0, 0.05) is 18.8 Å². The highest BCUT2D eigenvalue weighted by Crippen LogP contribution is 2.25. The molecule has 0 unspecified atom stereocenters. The van der Waals surface area contributed by atoms with E-state index in [1.807, 2.05) is 42.2 Å². The van der Waals surface area contributed by atoms with Crippen LogP contribution in [0.3, 0.4) is 0 Å². The van der Waals surface area contributed by atoms with Gasteiger partial charge in [-0.25, -0.2) is 4.79 Å². The summed E-state index contributed by atoms with van der Waals surface area (Å²) in [4.78, 5) is 14.4. The molecule has 1 N–H and O–H groups in total. The monoisotopic (exact) mass is 384 g/mol. The minimum Gasteiger partial charge on any atom is -0.325 e. The number of hydrogen-bond donors (Lipinski definition) is 1. The standard InChI is InChI=1S/C26H28N2O/c1-20-7-13-25(14-8-20)27-26(29)28-17-15-22(16-18-28)19-21-9-11-24(12-10-21)23-5-3-2-4-6-23/h2-14,22H,15-19H2,1H3,(H,27,29). The summed E-state index contributed by atoms with van der Waals surface area (Å²) in [6.07, 6.45) is 3.20. The Morgan fingerprint density at radius 3 is 2.14 bits per heavy atom. The lowest BCUT2D eigenvalue weighted by molar-refractivity contribution is 0.182. The maximum atomic E-state index is 12.5. The minimum absolute atomic E-state index is 0.0134. The lowest BCUT2D eigenvalue weighted by atomic mass is 9.89. The van der Waals surface area contributed by atoms with Crippen molar-refractivity contribution in [2.24, 2.45) is 5.92 Å². The van der Waals surface area contributed by atoms with Gasteiger partial charge in [-0.2, -0.15) is 0 Å². The van der Waals surface area contributed by atoms with Gasteiger partial charge < -0.3 is 10.2 Å². The lowest BCUT2D eigenvalue weighted by Gasteiger charge is -2.32. The topological polar surface area (TPSA) is 32.3 Å². The molecule has 0 radical (unpaired) electrons. The van der Waals surface area contributed by atoms with Gasteiger partial charge in [-0.05, 0) is 60.9 Å². The predicted molar refractivity (Wildman–Crippen MR) is 120 cm³/mol. The van der Waals surface area contributed by atoms with E-state index in [-0.39, 0.29) is 6.03 Å². The number of carbonyl (C=O) groups is 1. The van der Waals surface area contributed by atoms with E-state index in [4.69, 9.17) is 0 Å². The molecule has 1 saturated heterocycles. The molecule has 3 aromatic rings. The van der Waals surface area contributed by atoms with Crippen molar-refractivity contribution in [1.82, 2.24) is 4.90 Å². The maximum Gasteiger partial charge on any atom is 0.321 e. The van der Waals surface area contributed by atoms with Crippen LogP contribution in [0.5, 0.6) is 0 Å². The summed E-state index contributed by atoms with van der Waals surface area (Å²) in [7, 11) is 0. The van der Waals surface area contributed by atoms with Crippen molar-refractivity contribution in [3.05, 3.63) is 90.0 Å². The third kappa shape index (κ3) is 5.05. The predicted octanol–water partition coefficient (Wildman–Crippen LogP) is 6.15. The molecule has 0 bridgehead atoms. The van der Waals surface area contributed by atoms with Gasteiger partial charge in [0.1, 0.15) is 0 Å². The molecule has 0 aliphatic carbocycles. The molecule has 1 aliphatic rings. The molecule has 1 fully saturated rings. The third-order valence-electron chi connectivity index (χ3n) is 5.79. The average molecular weight is 385 g/mol. The Kier molecular flexibility index (Phi) is 5.95. The second kappa shape index (κ2) is 8.95. The Balaban J connectivity index is 1.27. The quantitative estimate of drug-likeness (QED) is 0.575. The maximum absolute atomic E-state index is 12.5. The molecule has 0 aromatic heterocycles. The number of likely N-dealkylation sites (tertiary alicyclic amines) is 1. The first-order valence-electron chi connectivity index (χ1n) is 10.4. The second-order valence-corrected chi connectivity index (χ2v) is 7.99. The third-order valence-corrected chi connectivity index (χ3v) is 5.79. The molecule has 3 aromatic carbocycles. The zero-order valence-electron chi connectivity index (χ0n) is 17.0. The number of aryl methyl sites for hydroxylation is 1. The van der Waals surface area contributed by atoms with Crippen LogP contribution >= 0.6 is 0 Å². The van der Waals surface area contributed by atoms with E-state index in [1.54, 1.807) is 0 Å². The van der Waals surface area contributed by atoms with Crippen LogP contribution in [-0.4, -0.2) is 24.0 Å². The summed E-state index contributed by atoms with van der Waals surface area (Å²) in [5, 5.41) is 3.01. The smallest absolute Gasteiger partial charge is 0.321 e. The zero-order valence-corrected chi connectivity index (χ0v) is 17.0. The highest BCUT2D eigenvalue weighted by molar-refractivity contribution is 5.89. The van der Waals surface area contributed by atoms with Crippen LogP contribution in [0.15, 0.2) is 78.9 Å². The molecule has 29 heavy (non-hydrogen) atoms. The fourth-order valence-corrected chi connectivity index (χ4v) is 3.98. The van der Waals surface area contributed by atoms with Crippen molar-refractivity contribution >= 4 is 11.7 Å².